The minimum atomic E-state index is -3.37. The molecule has 1 aromatic carbocycles. The third kappa shape index (κ3) is 3.11. The van der Waals surface area contributed by atoms with E-state index in [1.165, 1.54) is 4.31 Å². The Bertz CT molecular complexity index is 993. The van der Waals surface area contributed by atoms with Crippen LogP contribution in [0.2, 0.25) is 0 Å². The van der Waals surface area contributed by atoms with Crippen LogP contribution in [0.3, 0.4) is 0 Å². The predicted octanol–water partition coefficient (Wildman–Crippen LogP) is 1.40. The lowest BCUT2D eigenvalue weighted by molar-refractivity contribution is -0.148. The molecule has 8 heteroatoms. The zero-order valence-electron chi connectivity index (χ0n) is 15.2. The summed E-state index contributed by atoms with van der Waals surface area (Å²) < 4.78 is 25.8. The number of carboxylic acids is 1. The fourth-order valence-corrected chi connectivity index (χ4v) is 5.62. The van der Waals surface area contributed by atoms with Crippen molar-refractivity contribution in [1.82, 2.24) is 14.2 Å². The molecule has 2 aromatic rings. The second-order valence-electron chi connectivity index (χ2n) is 7.55. The van der Waals surface area contributed by atoms with Crippen molar-refractivity contribution in [3.8, 4) is 0 Å². The third-order valence-electron chi connectivity index (χ3n) is 5.91. The SMILES string of the molecule is CCS(=O)(=O)N1CC2CN(Cc3ccc4ncccc4c3)CC2(C(=O)O)C1. The van der Waals surface area contributed by atoms with Crippen molar-refractivity contribution >= 4 is 26.9 Å². The fourth-order valence-electron chi connectivity index (χ4n) is 4.42. The Morgan fingerprint density at radius 3 is 2.81 bits per heavy atom. The van der Waals surface area contributed by atoms with Gasteiger partial charge in [0.05, 0.1) is 16.7 Å². The lowest BCUT2D eigenvalue weighted by atomic mass is 9.81. The second kappa shape index (κ2) is 6.54. The van der Waals surface area contributed by atoms with Gasteiger partial charge in [-0.2, -0.15) is 0 Å². The van der Waals surface area contributed by atoms with E-state index in [2.05, 4.69) is 16.0 Å². The maximum absolute atomic E-state index is 12.2. The van der Waals surface area contributed by atoms with E-state index in [9.17, 15) is 18.3 Å². The summed E-state index contributed by atoms with van der Waals surface area (Å²) in [5.41, 5.74) is 1.02. The summed E-state index contributed by atoms with van der Waals surface area (Å²) >= 11 is 0. The fraction of sp³-hybridized carbons (Fsp3) is 0.474. The molecule has 1 aromatic heterocycles. The van der Waals surface area contributed by atoms with E-state index >= 15 is 0 Å². The second-order valence-corrected chi connectivity index (χ2v) is 9.81. The summed E-state index contributed by atoms with van der Waals surface area (Å²) in [4.78, 5) is 18.5. The monoisotopic (exact) mass is 389 g/mol. The van der Waals surface area contributed by atoms with Crippen LogP contribution >= 0.6 is 0 Å². The molecule has 2 unspecified atom stereocenters. The number of aliphatic carboxylic acids is 1. The Balaban J connectivity index is 1.54. The molecular formula is C19H23N3O4S. The van der Waals surface area contributed by atoms with Gasteiger partial charge in [-0.1, -0.05) is 12.1 Å². The van der Waals surface area contributed by atoms with Crippen LogP contribution in [0.1, 0.15) is 12.5 Å². The number of hydrogen-bond acceptors (Lipinski definition) is 5. The lowest BCUT2D eigenvalue weighted by Crippen LogP contribution is -2.42. The quantitative estimate of drug-likeness (QED) is 0.831. The van der Waals surface area contributed by atoms with Crippen molar-refractivity contribution < 1.29 is 18.3 Å². The van der Waals surface area contributed by atoms with Crippen LogP contribution in [0.5, 0.6) is 0 Å². The normalized spacial score (nSPS) is 26.5. The molecule has 2 aliphatic rings. The molecule has 1 N–H and O–H groups in total. The number of carbonyl (C=O) groups is 1. The highest BCUT2D eigenvalue weighted by molar-refractivity contribution is 7.89. The zero-order chi connectivity index (χ0) is 19.2. The molecule has 0 saturated carbocycles. The largest absolute Gasteiger partial charge is 0.481 e. The molecule has 2 fully saturated rings. The van der Waals surface area contributed by atoms with Crippen molar-refractivity contribution in [1.29, 1.82) is 0 Å². The molecule has 0 radical (unpaired) electrons. The number of hydrogen-bond donors (Lipinski definition) is 1. The summed E-state index contributed by atoms with van der Waals surface area (Å²) in [7, 11) is -3.37. The highest BCUT2D eigenvalue weighted by Gasteiger charge is 2.59. The third-order valence-corrected chi connectivity index (χ3v) is 7.70. The highest BCUT2D eigenvalue weighted by atomic mass is 32.2. The molecule has 4 rings (SSSR count). The molecule has 27 heavy (non-hydrogen) atoms. The number of sulfonamides is 1. The summed E-state index contributed by atoms with van der Waals surface area (Å²) in [5, 5.41) is 11.0. The van der Waals surface area contributed by atoms with Crippen molar-refractivity contribution in [2.45, 2.75) is 13.5 Å². The molecule has 0 aliphatic carbocycles. The van der Waals surface area contributed by atoms with Gasteiger partial charge in [-0.25, -0.2) is 12.7 Å². The Morgan fingerprint density at radius 2 is 2.11 bits per heavy atom. The molecule has 2 saturated heterocycles. The van der Waals surface area contributed by atoms with E-state index in [0.29, 0.717) is 26.2 Å². The van der Waals surface area contributed by atoms with Crippen LogP contribution in [0.15, 0.2) is 36.5 Å². The number of likely N-dealkylation sites (tertiary alicyclic amines) is 1. The van der Waals surface area contributed by atoms with Crippen LogP contribution in [-0.2, 0) is 21.4 Å². The summed E-state index contributed by atoms with van der Waals surface area (Å²) in [6.45, 7) is 3.57. The number of fused-ring (bicyclic) bond motifs is 2. The Morgan fingerprint density at radius 1 is 1.30 bits per heavy atom. The first kappa shape index (κ1) is 18.3. The molecule has 3 heterocycles. The van der Waals surface area contributed by atoms with Gasteiger partial charge in [-0.3, -0.25) is 14.7 Å². The van der Waals surface area contributed by atoms with E-state index in [4.69, 9.17) is 0 Å². The lowest BCUT2D eigenvalue weighted by Gasteiger charge is -2.25. The van der Waals surface area contributed by atoms with E-state index in [1.807, 2.05) is 24.3 Å². The molecular weight excluding hydrogens is 366 g/mol. The predicted molar refractivity (Wildman–Crippen MR) is 102 cm³/mol. The van der Waals surface area contributed by atoms with Crippen molar-refractivity contribution in [2.24, 2.45) is 11.3 Å². The first-order chi connectivity index (χ1) is 12.8. The van der Waals surface area contributed by atoms with E-state index < -0.39 is 21.4 Å². The average molecular weight is 389 g/mol. The van der Waals surface area contributed by atoms with Gasteiger partial charge >= 0.3 is 5.97 Å². The van der Waals surface area contributed by atoms with E-state index in [-0.39, 0.29) is 18.2 Å². The number of benzene rings is 1. The number of nitrogens with zero attached hydrogens (tertiary/aromatic N) is 3. The molecule has 0 bridgehead atoms. The van der Waals surface area contributed by atoms with Crippen LogP contribution in [0.4, 0.5) is 0 Å². The number of carboxylic acid groups (broad SMARTS) is 1. The van der Waals surface area contributed by atoms with Crippen LogP contribution in [-0.4, -0.2) is 65.6 Å². The van der Waals surface area contributed by atoms with Gasteiger partial charge in [0.15, 0.2) is 0 Å². The molecule has 144 valence electrons. The molecule has 2 aliphatic heterocycles. The number of aromatic nitrogens is 1. The van der Waals surface area contributed by atoms with Gasteiger partial charge in [0.2, 0.25) is 10.0 Å². The number of pyridine rings is 1. The van der Waals surface area contributed by atoms with Crippen molar-refractivity contribution in [3.63, 3.8) is 0 Å². The van der Waals surface area contributed by atoms with Gasteiger partial charge in [0.25, 0.3) is 0 Å². The smallest absolute Gasteiger partial charge is 0.312 e. The first-order valence-corrected chi connectivity index (χ1v) is 10.7. The van der Waals surface area contributed by atoms with Crippen LogP contribution in [0, 0.1) is 11.3 Å². The van der Waals surface area contributed by atoms with Crippen LogP contribution in [0.25, 0.3) is 10.9 Å². The van der Waals surface area contributed by atoms with E-state index in [0.717, 1.165) is 16.5 Å². The summed E-state index contributed by atoms with van der Waals surface area (Å²) in [6.07, 6.45) is 1.76. The molecule has 0 amide bonds. The first-order valence-electron chi connectivity index (χ1n) is 9.11. The molecule has 2 atom stereocenters. The van der Waals surface area contributed by atoms with Gasteiger partial charge in [0.1, 0.15) is 0 Å². The standard InChI is InChI=1S/C19H23N3O4S/c1-2-27(25,26)22-11-16-10-21(12-19(16,13-22)18(23)24)9-14-5-6-17-15(8-14)4-3-7-20-17/h3-8,16H,2,9-13H2,1H3,(H,23,24). The maximum atomic E-state index is 12.2. The van der Waals surface area contributed by atoms with Crippen LogP contribution < -0.4 is 0 Å². The Hall–Kier alpha value is -2.03. The van der Waals surface area contributed by atoms with Gasteiger partial charge in [0, 0.05) is 50.2 Å². The Labute approximate surface area is 158 Å². The Kier molecular flexibility index (Phi) is 4.44. The molecule has 7 nitrogen and oxygen atoms in total. The van der Waals surface area contributed by atoms with E-state index in [1.54, 1.807) is 13.1 Å². The topological polar surface area (TPSA) is 90.8 Å². The van der Waals surface area contributed by atoms with Gasteiger partial charge in [-0.15, -0.1) is 0 Å². The summed E-state index contributed by atoms with van der Waals surface area (Å²) in [5.74, 6) is -1.07. The van der Waals surface area contributed by atoms with Gasteiger partial charge in [-0.05, 0) is 30.7 Å². The van der Waals surface area contributed by atoms with Crippen molar-refractivity contribution in [3.05, 3.63) is 42.1 Å². The van der Waals surface area contributed by atoms with Gasteiger partial charge < -0.3 is 5.11 Å². The highest BCUT2D eigenvalue weighted by Crippen LogP contribution is 2.44. The zero-order valence-corrected chi connectivity index (χ0v) is 16.0. The minimum Gasteiger partial charge on any atom is -0.481 e. The minimum absolute atomic E-state index is 0.00422. The molecule has 0 spiro atoms. The average Bonchev–Trinajstić information content (AvgIpc) is 3.17. The number of rotatable bonds is 5. The summed E-state index contributed by atoms with van der Waals surface area (Å²) in [6, 6.07) is 9.98. The van der Waals surface area contributed by atoms with Crippen molar-refractivity contribution in [2.75, 3.05) is 31.9 Å². The maximum Gasteiger partial charge on any atom is 0.312 e.